The molecule has 0 spiro atoms. The van der Waals surface area contributed by atoms with Crippen molar-refractivity contribution in [3.8, 4) is 11.5 Å². The summed E-state index contributed by atoms with van der Waals surface area (Å²) in [6.45, 7) is 4.19. The van der Waals surface area contributed by atoms with Gasteiger partial charge in [-0.05, 0) is 18.2 Å². The summed E-state index contributed by atoms with van der Waals surface area (Å²) in [5.41, 5.74) is 1.47. The number of phenolic OH excluding ortho intramolecular Hbond substituents is 1. The van der Waals surface area contributed by atoms with E-state index in [1.165, 1.54) is 0 Å². The zero-order valence-corrected chi connectivity index (χ0v) is 9.34. The van der Waals surface area contributed by atoms with E-state index in [4.69, 9.17) is 16.3 Å². The van der Waals surface area contributed by atoms with Crippen LogP contribution >= 0.6 is 11.6 Å². The van der Waals surface area contributed by atoms with Gasteiger partial charge in [-0.1, -0.05) is 6.58 Å². The van der Waals surface area contributed by atoms with Gasteiger partial charge in [0.15, 0.2) is 0 Å². The van der Waals surface area contributed by atoms with Gasteiger partial charge in [0.05, 0.1) is 13.0 Å². The molecule has 0 saturated heterocycles. The van der Waals surface area contributed by atoms with Gasteiger partial charge in [-0.15, -0.1) is 11.6 Å². The van der Waals surface area contributed by atoms with Crippen molar-refractivity contribution in [1.82, 2.24) is 5.32 Å². The molecule has 0 aliphatic heterocycles. The first-order valence-electron chi connectivity index (χ1n) is 4.51. The van der Waals surface area contributed by atoms with Gasteiger partial charge in [0.1, 0.15) is 11.5 Å². The van der Waals surface area contributed by atoms with Crippen LogP contribution in [0.1, 0.15) is 5.56 Å². The summed E-state index contributed by atoms with van der Waals surface area (Å²) in [4.78, 5) is 0. The number of nitrogens with one attached hydrogen (secondary N) is 1. The van der Waals surface area contributed by atoms with E-state index < -0.39 is 0 Å². The number of benzene rings is 1. The third-order valence-electron chi connectivity index (χ3n) is 1.98. The van der Waals surface area contributed by atoms with E-state index >= 15 is 0 Å². The van der Waals surface area contributed by atoms with Gasteiger partial charge in [-0.2, -0.15) is 0 Å². The third kappa shape index (κ3) is 3.36. The Kier molecular flexibility index (Phi) is 4.31. The molecule has 0 heterocycles. The summed E-state index contributed by atoms with van der Waals surface area (Å²) in [6.07, 6.45) is 0. The first kappa shape index (κ1) is 11.7. The van der Waals surface area contributed by atoms with Gasteiger partial charge >= 0.3 is 0 Å². The molecule has 2 N–H and O–H groups in total. The van der Waals surface area contributed by atoms with Gasteiger partial charge in [0, 0.05) is 17.8 Å². The molecule has 1 rings (SSSR count). The third-order valence-corrected chi connectivity index (χ3v) is 2.30. The quantitative estimate of drug-likeness (QED) is 0.759. The van der Waals surface area contributed by atoms with E-state index in [2.05, 4.69) is 11.9 Å². The van der Waals surface area contributed by atoms with Gasteiger partial charge in [0.2, 0.25) is 0 Å². The van der Waals surface area contributed by atoms with Crippen LogP contribution in [0.3, 0.4) is 0 Å². The normalized spacial score (nSPS) is 9.73. The lowest BCUT2D eigenvalue weighted by Crippen LogP contribution is -2.12. The second-order valence-corrected chi connectivity index (χ2v) is 3.35. The summed E-state index contributed by atoms with van der Waals surface area (Å²) in [5, 5.41) is 12.6. The molecule has 4 heteroatoms. The molecule has 1 aromatic rings. The molecule has 0 bridgehead atoms. The fourth-order valence-electron chi connectivity index (χ4n) is 1.10. The van der Waals surface area contributed by atoms with E-state index in [1.54, 1.807) is 25.3 Å². The number of hydrogen-bond acceptors (Lipinski definition) is 3. The second kappa shape index (κ2) is 5.51. The predicted octanol–water partition coefficient (Wildman–Crippen LogP) is 2.24. The Hall–Kier alpha value is -1.35. The fourth-order valence-corrected chi connectivity index (χ4v) is 1.19. The van der Waals surface area contributed by atoms with Crippen molar-refractivity contribution in [3.05, 3.63) is 36.0 Å². The van der Waals surface area contributed by atoms with Crippen LogP contribution in [0, 0.1) is 0 Å². The zero-order valence-electron chi connectivity index (χ0n) is 8.59. The van der Waals surface area contributed by atoms with Crippen LogP contribution in [0.15, 0.2) is 30.5 Å². The van der Waals surface area contributed by atoms with Crippen molar-refractivity contribution in [2.45, 2.75) is 6.54 Å². The second-order valence-electron chi connectivity index (χ2n) is 3.09. The molecular formula is C11H14ClNO2. The topological polar surface area (TPSA) is 41.5 Å². The van der Waals surface area contributed by atoms with Crippen LogP contribution in [0.5, 0.6) is 11.5 Å². The molecule has 0 aromatic heterocycles. The largest absolute Gasteiger partial charge is 0.508 e. The number of alkyl halides is 1. The van der Waals surface area contributed by atoms with E-state index in [-0.39, 0.29) is 5.75 Å². The smallest absolute Gasteiger partial charge is 0.120 e. The number of methoxy groups -OCH3 is 1. The highest BCUT2D eigenvalue weighted by atomic mass is 35.5. The lowest BCUT2D eigenvalue weighted by molar-refractivity contribution is 0.410. The molecule has 3 nitrogen and oxygen atoms in total. The Morgan fingerprint density at radius 1 is 1.60 bits per heavy atom. The van der Waals surface area contributed by atoms with Crippen molar-refractivity contribution >= 4 is 11.6 Å². The van der Waals surface area contributed by atoms with Crippen molar-refractivity contribution in [2.24, 2.45) is 0 Å². The van der Waals surface area contributed by atoms with Crippen molar-refractivity contribution in [1.29, 1.82) is 0 Å². The minimum atomic E-state index is 0.227. The highest BCUT2D eigenvalue weighted by molar-refractivity contribution is 6.19. The molecule has 82 valence electrons. The fraction of sp³-hybridized carbons (Fsp3) is 0.273. The molecule has 0 atom stereocenters. The molecule has 0 aliphatic carbocycles. The Bertz CT molecular complexity index is 352. The van der Waals surface area contributed by atoms with E-state index in [1.807, 2.05) is 0 Å². The first-order valence-corrected chi connectivity index (χ1v) is 5.04. The predicted molar refractivity (Wildman–Crippen MR) is 61.4 cm³/mol. The monoisotopic (exact) mass is 227 g/mol. The summed E-state index contributed by atoms with van der Waals surface area (Å²) >= 11 is 5.57. The molecule has 0 saturated carbocycles. The number of rotatable bonds is 5. The standard InChI is InChI=1S/C11H14ClNO2/c1-8(6-12)13-7-9-5-10(15-2)3-4-11(9)14/h3-5,13-14H,1,6-7H2,2H3. The van der Waals surface area contributed by atoms with Crippen molar-refractivity contribution < 1.29 is 9.84 Å². The maximum absolute atomic E-state index is 9.56. The Morgan fingerprint density at radius 3 is 2.93 bits per heavy atom. The van der Waals surface area contributed by atoms with Crippen LogP contribution in [0.2, 0.25) is 0 Å². The molecule has 15 heavy (non-hydrogen) atoms. The minimum absolute atomic E-state index is 0.227. The van der Waals surface area contributed by atoms with Crippen LogP contribution in [-0.4, -0.2) is 18.1 Å². The van der Waals surface area contributed by atoms with Gasteiger partial charge in [-0.25, -0.2) is 0 Å². The number of aromatic hydroxyl groups is 1. The van der Waals surface area contributed by atoms with Crippen LogP contribution in [0.25, 0.3) is 0 Å². The molecular weight excluding hydrogens is 214 g/mol. The Morgan fingerprint density at radius 2 is 2.33 bits per heavy atom. The summed E-state index contributed by atoms with van der Waals surface area (Å²) in [6, 6.07) is 5.07. The van der Waals surface area contributed by atoms with Crippen LogP contribution in [0.4, 0.5) is 0 Å². The van der Waals surface area contributed by atoms with Crippen LogP contribution in [-0.2, 0) is 6.54 Å². The highest BCUT2D eigenvalue weighted by Gasteiger charge is 2.03. The summed E-state index contributed by atoms with van der Waals surface area (Å²) in [7, 11) is 1.58. The number of allylic oxidation sites excluding steroid dienone is 1. The van der Waals surface area contributed by atoms with E-state index in [0.29, 0.717) is 18.2 Å². The Labute approximate surface area is 94.3 Å². The number of ether oxygens (including phenoxy) is 1. The average molecular weight is 228 g/mol. The van der Waals surface area contributed by atoms with Crippen molar-refractivity contribution in [3.63, 3.8) is 0 Å². The molecule has 0 fully saturated rings. The lowest BCUT2D eigenvalue weighted by Gasteiger charge is -2.09. The van der Waals surface area contributed by atoms with Gasteiger partial charge in [0.25, 0.3) is 0 Å². The summed E-state index contributed by atoms with van der Waals surface area (Å²) in [5.74, 6) is 1.29. The van der Waals surface area contributed by atoms with Crippen molar-refractivity contribution in [2.75, 3.05) is 13.0 Å². The van der Waals surface area contributed by atoms with E-state index in [0.717, 1.165) is 11.3 Å². The lowest BCUT2D eigenvalue weighted by atomic mass is 10.2. The Balaban J connectivity index is 2.70. The maximum Gasteiger partial charge on any atom is 0.120 e. The summed E-state index contributed by atoms with van der Waals surface area (Å²) < 4.78 is 5.06. The molecule has 0 unspecified atom stereocenters. The first-order chi connectivity index (χ1) is 7.17. The minimum Gasteiger partial charge on any atom is -0.508 e. The molecule has 0 radical (unpaired) electrons. The molecule has 1 aromatic carbocycles. The van der Waals surface area contributed by atoms with Gasteiger partial charge in [-0.3, -0.25) is 0 Å². The average Bonchev–Trinajstić information content (AvgIpc) is 2.27. The number of hydrogen-bond donors (Lipinski definition) is 2. The maximum atomic E-state index is 9.56. The molecule has 0 aliphatic rings. The van der Waals surface area contributed by atoms with Crippen LogP contribution < -0.4 is 10.1 Å². The van der Waals surface area contributed by atoms with E-state index in [9.17, 15) is 5.11 Å². The SMILES string of the molecule is C=C(CCl)NCc1cc(OC)ccc1O. The number of phenols is 1. The van der Waals surface area contributed by atoms with Gasteiger partial charge < -0.3 is 15.2 Å². The number of halogens is 1. The molecule has 0 amide bonds. The highest BCUT2D eigenvalue weighted by Crippen LogP contribution is 2.22. The zero-order chi connectivity index (χ0) is 11.3.